The molecule has 1 aromatic rings. The van der Waals surface area contributed by atoms with Crippen LogP contribution in [0.4, 0.5) is 0 Å². The van der Waals surface area contributed by atoms with Gasteiger partial charge in [0.2, 0.25) is 5.91 Å². The molecule has 2 unspecified atom stereocenters. The van der Waals surface area contributed by atoms with Crippen molar-refractivity contribution < 1.29 is 19.1 Å². The molecule has 0 saturated heterocycles. The van der Waals surface area contributed by atoms with Gasteiger partial charge in [0.1, 0.15) is 5.84 Å². The zero-order chi connectivity index (χ0) is 25.2. The summed E-state index contributed by atoms with van der Waals surface area (Å²) in [5, 5.41) is 0. The summed E-state index contributed by atoms with van der Waals surface area (Å²) in [6, 6.07) is 4.86. The summed E-state index contributed by atoms with van der Waals surface area (Å²) in [4.78, 5) is 47.9. The summed E-state index contributed by atoms with van der Waals surface area (Å²) in [6.45, 7) is 4.42. The molecule has 4 rings (SSSR count). The molecule has 0 radical (unpaired) electrons. The van der Waals surface area contributed by atoms with E-state index >= 15 is 0 Å². The second kappa shape index (κ2) is 10.3. The number of rotatable bonds is 7. The number of carbonyl (C=O) groups is 3. The average Bonchev–Trinajstić information content (AvgIpc) is 2.84. The van der Waals surface area contributed by atoms with Crippen LogP contribution in [0.15, 0.2) is 75.9 Å². The molecule has 0 fully saturated rings. The normalized spacial score (nSPS) is 24.2. The molecular weight excluding hydrogens is 510 g/mol. The molecule has 2 amide bonds. The Labute approximate surface area is 213 Å². The van der Waals surface area contributed by atoms with E-state index in [1.807, 2.05) is 56.4 Å². The van der Waals surface area contributed by atoms with E-state index in [4.69, 9.17) is 9.73 Å². The molecule has 35 heavy (non-hydrogen) atoms. The molecule has 0 aromatic heterocycles. The van der Waals surface area contributed by atoms with Gasteiger partial charge in [0.05, 0.1) is 30.2 Å². The third-order valence-corrected chi connectivity index (χ3v) is 7.19. The van der Waals surface area contributed by atoms with Crippen LogP contribution in [0.2, 0.25) is 0 Å². The van der Waals surface area contributed by atoms with Crippen molar-refractivity contribution in [1.82, 2.24) is 9.80 Å². The summed E-state index contributed by atoms with van der Waals surface area (Å²) < 4.78 is 5.72. The number of ether oxygens (including phenoxy) is 1. The van der Waals surface area contributed by atoms with Crippen molar-refractivity contribution in [2.45, 2.75) is 26.3 Å². The standard InChI is InChI=1S/C27H28BrN3O4/c1-4-18(9-8-16-35-3)31-23(29-22-12-5-6-14-27(22,2)26(31)34)13-15-30-17-21(32)19-10-7-11-20(28)24(19)25(30)33/h4-12,14,22H,13,15-17H2,1-3H3/b9-8-,18-4+. The first kappa shape index (κ1) is 25.0. The molecule has 0 spiro atoms. The minimum atomic E-state index is -0.803. The van der Waals surface area contributed by atoms with Crippen LogP contribution in [0.1, 0.15) is 41.0 Å². The molecule has 2 aliphatic heterocycles. The van der Waals surface area contributed by atoms with E-state index in [1.54, 1.807) is 30.2 Å². The number of amides is 2. The van der Waals surface area contributed by atoms with Gasteiger partial charge in [-0.2, -0.15) is 0 Å². The number of hydrogen-bond acceptors (Lipinski definition) is 5. The molecule has 0 N–H and O–H groups in total. The van der Waals surface area contributed by atoms with Gasteiger partial charge >= 0.3 is 0 Å². The fraction of sp³-hybridized carbons (Fsp3) is 0.333. The Morgan fingerprint density at radius 2 is 2.09 bits per heavy atom. The van der Waals surface area contributed by atoms with Crippen molar-refractivity contribution in [3.05, 3.63) is 82.0 Å². The topological polar surface area (TPSA) is 79.3 Å². The number of ketones is 1. The van der Waals surface area contributed by atoms with Crippen LogP contribution in [0.25, 0.3) is 0 Å². The first-order chi connectivity index (χ1) is 16.8. The molecule has 2 atom stereocenters. The number of hydrogen-bond donors (Lipinski definition) is 0. The van der Waals surface area contributed by atoms with Gasteiger partial charge < -0.3 is 9.64 Å². The van der Waals surface area contributed by atoms with Crippen LogP contribution in [0.5, 0.6) is 0 Å². The van der Waals surface area contributed by atoms with Gasteiger partial charge in [-0.05, 0) is 41.9 Å². The van der Waals surface area contributed by atoms with Gasteiger partial charge in [-0.25, -0.2) is 0 Å². The Balaban J connectivity index is 1.65. The van der Waals surface area contributed by atoms with Crippen LogP contribution in [0.3, 0.4) is 0 Å². The number of carbonyl (C=O) groups excluding carboxylic acids is 3. The van der Waals surface area contributed by atoms with Gasteiger partial charge in [0.15, 0.2) is 5.78 Å². The van der Waals surface area contributed by atoms with E-state index in [1.165, 1.54) is 4.90 Å². The molecule has 8 heteroatoms. The Bertz CT molecular complexity index is 1210. The molecule has 2 heterocycles. The fourth-order valence-corrected chi connectivity index (χ4v) is 5.10. The Morgan fingerprint density at radius 3 is 2.83 bits per heavy atom. The first-order valence-electron chi connectivity index (χ1n) is 11.5. The highest BCUT2D eigenvalue weighted by Crippen LogP contribution is 2.38. The minimum Gasteiger partial charge on any atom is -0.381 e. The molecule has 3 aliphatic rings. The van der Waals surface area contributed by atoms with E-state index in [0.717, 1.165) is 0 Å². The highest BCUT2D eigenvalue weighted by atomic mass is 79.9. The van der Waals surface area contributed by atoms with E-state index in [-0.39, 0.29) is 36.7 Å². The minimum absolute atomic E-state index is 0.00247. The Hall–Kier alpha value is -3.10. The van der Waals surface area contributed by atoms with Gasteiger partial charge in [-0.1, -0.05) is 48.6 Å². The maximum atomic E-state index is 13.8. The van der Waals surface area contributed by atoms with E-state index < -0.39 is 5.41 Å². The van der Waals surface area contributed by atoms with Crippen molar-refractivity contribution in [2.24, 2.45) is 10.4 Å². The van der Waals surface area contributed by atoms with Crippen LogP contribution < -0.4 is 0 Å². The lowest BCUT2D eigenvalue weighted by Crippen LogP contribution is -2.54. The number of allylic oxidation sites excluding steroid dienone is 4. The lowest BCUT2D eigenvalue weighted by Gasteiger charge is -2.42. The average molecular weight is 538 g/mol. The highest BCUT2D eigenvalue weighted by molar-refractivity contribution is 9.10. The zero-order valence-corrected chi connectivity index (χ0v) is 21.6. The molecule has 0 bridgehead atoms. The predicted molar refractivity (Wildman–Crippen MR) is 138 cm³/mol. The van der Waals surface area contributed by atoms with E-state index in [0.29, 0.717) is 40.2 Å². The van der Waals surface area contributed by atoms with Gasteiger partial charge in [0.25, 0.3) is 5.91 Å². The fourth-order valence-electron chi connectivity index (χ4n) is 4.56. The number of methoxy groups -OCH3 is 1. The zero-order valence-electron chi connectivity index (χ0n) is 20.0. The number of nitrogens with zero attached hydrogens (tertiary/aromatic N) is 3. The molecule has 1 aromatic carbocycles. The third-order valence-electron chi connectivity index (χ3n) is 6.53. The molecule has 182 valence electrons. The lowest BCUT2D eigenvalue weighted by molar-refractivity contribution is -0.134. The molecule has 0 saturated carbocycles. The molecule has 7 nitrogen and oxygen atoms in total. The van der Waals surface area contributed by atoms with Crippen LogP contribution in [-0.4, -0.2) is 66.1 Å². The Morgan fingerprint density at radius 1 is 1.29 bits per heavy atom. The number of Topliss-reactive ketones (excluding diaryl/α,β-unsaturated/α-hetero) is 1. The van der Waals surface area contributed by atoms with Crippen LogP contribution in [0, 0.1) is 5.41 Å². The van der Waals surface area contributed by atoms with Crippen molar-refractivity contribution in [3.8, 4) is 0 Å². The second-order valence-corrected chi connectivity index (χ2v) is 9.65. The van der Waals surface area contributed by atoms with Gasteiger partial charge in [0, 0.05) is 35.8 Å². The lowest BCUT2D eigenvalue weighted by atomic mass is 9.76. The smallest absolute Gasteiger partial charge is 0.256 e. The van der Waals surface area contributed by atoms with Crippen molar-refractivity contribution >= 4 is 39.4 Å². The summed E-state index contributed by atoms with van der Waals surface area (Å²) in [6.07, 6.45) is 13.4. The first-order valence-corrected chi connectivity index (χ1v) is 12.3. The quantitative estimate of drug-likeness (QED) is 0.485. The van der Waals surface area contributed by atoms with Crippen LogP contribution in [-0.2, 0) is 9.53 Å². The molecular formula is C27H28BrN3O4. The van der Waals surface area contributed by atoms with Crippen molar-refractivity contribution in [1.29, 1.82) is 0 Å². The molecule has 1 aliphatic carbocycles. The maximum Gasteiger partial charge on any atom is 0.256 e. The van der Waals surface area contributed by atoms with Crippen LogP contribution >= 0.6 is 15.9 Å². The summed E-state index contributed by atoms with van der Waals surface area (Å²) in [7, 11) is 1.61. The van der Waals surface area contributed by atoms with Gasteiger partial charge in [-0.3, -0.25) is 24.3 Å². The number of halogens is 1. The number of aliphatic imine (C=N–C) groups is 1. The van der Waals surface area contributed by atoms with Crippen molar-refractivity contribution in [3.63, 3.8) is 0 Å². The highest BCUT2D eigenvalue weighted by Gasteiger charge is 2.47. The largest absolute Gasteiger partial charge is 0.381 e. The third kappa shape index (κ3) is 4.60. The monoisotopic (exact) mass is 537 g/mol. The summed E-state index contributed by atoms with van der Waals surface area (Å²) in [5.74, 6) is 0.157. The van der Waals surface area contributed by atoms with Crippen molar-refractivity contribution in [2.75, 3.05) is 26.8 Å². The number of benzene rings is 1. The predicted octanol–water partition coefficient (Wildman–Crippen LogP) is 4.33. The maximum absolute atomic E-state index is 13.8. The number of fused-ring (bicyclic) bond motifs is 2. The SMILES string of the molecule is C/C=C(\C=C/COC)N1C(=O)C2(C)C=CC=CC2N=C1CCN1CC(=O)c2cccc(Br)c2C1=O. The summed E-state index contributed by atoms with van der Waals surface area (Å²) >= 11 is 3.41. The summed E-state index contributed by atoms with van der Waals surface area (Å²) in [5.41, 5.74) is 0.693. The second-order valence-electron chi connectivity index (χ2n) is 8.79. The number of amidine groups is 1. The van der Waals surface area contributed by atoms with Gasteiger partial charge in [-0.15, -0.1) is 0 Å². The van der Waals surface area contributed by atoms with E-state index in [2.05, 4.69) is 15.9 Å². The Kier molecular flexibility index (Phi) is 7.33. The van der Waals surface area contributed by atoms with E-state index in [9.17, 15) is 14.4 Å².